The monoisotopic (exact) mass is 462 g/mol. The van der Waals surface area contributed by atoms with Crippen molar-refractivity contribution in [1.82, 2.24) is 14.8 Å². The van der Waals surface area contributed by atoms with Gasteiger partial charge >= 0.3 is 17.8 Å². The molecule has 0 N–H and O–H groups in total. The molecule has 4 rings (SSSR count). The van der Waals surface area contributed by atoms with Crippen molar-refractivity contribution in [2.45, 2.75) is 32.2 Å². The third-order valence-electron chi connectivity index (χ3n) is 5.94. The van der Waals surface area contributed by atoms with Crippen molar-refractivity contribution in [2.24, 2.45) is 5.10 Å². The number of benzene rings is 2. The lowest BCUT2D eigenvalue weighted by atomic mass is 9.98. The lowest BCUT2D eigenvalue weighted by molar-refractivity contribution is -0.145. The predicted octanol–water partition coefficient (Wildman–Crippen LogP) is 2.96. The van der Waals surface area contributed by atoms with Crippen molar-refractivity contribution >= 4 is 29.5 Å². The third-order valence-corrected chi connectivity index (χ3v) is 5.94. The molecule has 1 atom stereocenters. The second-order valence-electron chi connectivity index (χ2n) is 8.13. The Bertz CT molecular complexity index is 1130. The van der Waals surface area contributed by atoms with Gasteiger partial charge in [-0.2, -0.15) is 5.10 Å². The van der Waals surface area contributed by atoms with E-state index < -0.39 is 36.3 Å². The number of carbonyl (C=O) groups is 4. The van der Waals surface area contributed by atoms with Gasteiger partial charge in [0.15, 0.2) is 0 Å². The normalized spacial score (nSPS) is 18.1. The summed E-state index contributed by atoms with van der Waals surface area (Å²) in [6, 6.07) is 15.6. The summed E-state index contributed by atoms with van der Waals surface area (Å²) in [5.41, 5.74) is 2.43. The number of imide groups is 2. The summed E-state index contributed by atoms with van der Waals surface area (Å²) < 4.78 is 5.23. The minimum atomic E-state index is -0.984. The van der Waals surface area contributed by atoms with Gasteiger partial charge in [-0.05, 0) is 29.7 Å². The van der Waals surface area contributed by atoms with E-state index in [-0.39, 0.29) is 6.54 Å². The maximum absolute atomic E-state index is 13.3. The van der Waals surface area contributed by atoms with Crippen LogP contribution >= 0.6 is 0 Å². The van der Waals surface area contributed by atoms with E-state index in [0.717, 1.165) is 28.2 Å². The van der Waals surface area contributed by atoms with Gasteiger partial charge in [-0.25, -0.2) is 14.7 Å². The molecule has 2 aromatic rings. The Labute approximate surface area is 197 Å². The van der Waals surface area contributed by atoms with Gasteiger partial charge in [-0.3, -0.25) is 19.3 Å². The van der Waals surface area contributed by atoms with Crippen LogP contribution in [0, 0.1) is 0 Å². The van der Waals surface area contributed by atoms with Crippen molar-refractivity contribution in [3.8, 4) is 5.75 Å². The first kappa shape index (κ1) is 23.2. The molecular weight excluding hydrogens is 436 g/mol. The number of urea groups is 1. The molecule has 0 aliphatic carbocycles. The Kier molecular flexibility index (Phi) is 6.72. The molecule has 0 saturated carbocycles. The summed E-state index contributed by atoms with van der Waals surface area (Å²) in [6.45, 7) is 1.52. The zero-order chi connectivity index (χ0) is 24.2. The zero-order valence-corrected chi connectivity index (χ0v) is 19.1. The van der Waals surface area contributed by atoms with Crippen molar-refractivity contribution in [1.29, 1.82) is 0 Å². The molecule has 1 fully saturated rings. The van der Waals surface area contributed by atoms with Crippen molar-refractivity contribution in [3.63, 3.8) is 0 Å². The van der Waals surface area contributed by atoms with E-state index in [1.54, 1.807) is 19.2 Å². The van der Waals surface area contributed by atoms with Gasteiger partial charge < -0.3 is 4.74 Å². The average Bonchev–Trinajstić information content (AvgIpc) is 3.40. The molecule has 2 aromatic carbocycles. The van der Waals surface area contributed by atoms with E-state index in [1.165, 1.54) is 5.01 Å². The summed E-state index contributed by atoms with van der Waals surface area (Å²) in [4.78, 5) is 52.3. The molecule has 9 nitrogen and oxygen atoms in total. The van der Waals surface area contributed by atoms with Crippen LogP contribution in [-0.2, 0) is 14.4 Å². The molecule has 34 heavy (non-hydrogen) atoms. The Morgan fingerprint density at radius 2 is 1.68 bits per heavy atom. The fourth-order valence-electron chi connectivity index (χ4n) is 4.04. The molecule has 1 saturated heterocycles. The van der Waals surface area contributed by atoms with Crippen LogP contribution in [0.1, 0.15) is 43.4 Å². The molecule has 176 valence electrons. The molecule has 9 heteroatoms. The van der Waals surface area contributed by atoms with Crippen LogP contribution in [0.15, 0.2) is 59.7 Å². The smallest absolute Gasteiger partial charge is 0.334 e. The quantitative estimate of drug-likeness (QED) is 0.444. The first-order valence-corrected chi connectivity index (χ1v) is 11.2. The maximum Gasteiger partial charge on any atom is 0.334 e. The highest BCUT2D eigenvalue weighted by Crippen LogP contribution is 2.34. The molecule has 0 unspecified atom stereocenters. The number of amides is 5. The number of hydrogen-bond donors (Lipinski definition) is 0. The summed E-state index contributed by atoms with van der Waals surface area (Å²) in [5.74, 6) is -1.74. The first-order chi connectivity index (χ1) is 16.4. The lowest BCUT2D eigenvalue weighted by Gasteiger charge is -2.24. The molecule has 0 radical (unpaired) electrons. The second-order valence-corrected chi connectivity index (χ2v) is 8.13. The molecule has 5 amide bonds. The Morgan fingerprint density at radius 1 is 1.00 bits per heavy atom. The SMILES string of the molecule is CCCCN1C(=O)C(=O)N(CC(=O)N2N=C(c3ccccc3)C[C@H]2c2ccc(OC)cc2)C1=O. The van der Waals surface area contributed by atoms with Crippen LogP contribution in [0.5, 0.6) is 5.75 Å². The van der Waals surface area contributed by atoms with Crippen LogP contribution in [0.25, 0.3) is 0 Å². The van der Waals surface area contributed by atoms with Gasteiger partial charge in [-0.15, -0.1) is 0 Å². The number of methoxy groups -OCH3 is 1. The third kappa shape index (κ3) is 4.41. The molecule has 0 bridgehead atoms. The van der Waals surface area contributed by atoms with Gasteiger partial charge in [0.05, 0.1) is 18.9 Å². The minimum Gasteiger partial charge on any atom is -0.497 e. The number of ether oxygens (including phenoxy) is 1. The summed E-state index contributed by atoms with van der Waals surface area (Å²) >= 11 is 0. The Hall–Kier alpha value is -4.01. The predicted molar refractivity (Wildman–Crippen MR) is 124 cm³/mol. The molecule has 2 aliphatic rings. The van der Waals surface area contributed by atoms with E-state index in [1.807, 2.05) is 49.4 Å². The van der Waals surface area contributed by atoms with Gasteiger partial charge in [0.2, 0.25) is 0 Å². The van der Waals surface area contributed by atoms with E-state index >= 15 is 0 Å². The Balaban J connectivity index is 1.59. The molecule has 2 heterocycles. The van der Waals surface area contributed by atoms with Gasteiger partial charge in [0.25, 0.3) is 5.91 Å². The second kappa shape index (κ2) is 9.86. The van der Waals surface area contributed by atoms with E-state index in [0.29, 0.717) is 23.5 Å². The van der Waals surface area contributed by atoms with E-state index in [9.17, 15) is 19.2 Å². The standard InChI is InChI=1S/C25H26N4O5/c1-3-4-14-27-23(31)24(32)28(25(27)33)16-22(30)29-21(18-10-12-19(34-2)13-11-18)15-20(26-29)17-8-6-5-7-9-17/h5-13,21H,3-4,14-16H2,1-2H3/t21-/m0/s1. The highest BCUT2D eigenvalue weighted by atomic mass is 16.5. The summed E-state index contributed by atoms with van der Waals surface area (Å²) in [6.07, 6.45) is 1.81. The summed E-state index contributed by atoms with van der Waals surface area (Å²) in [5, 5.41) is 5.87. The summed E-state index contributed by atoms with van der Waals surface area (Å²) in [7, 11) is 1.58. The fourth-order valence-corrected chi connectivity index (χ4v) is 4.04. The van der Waals surface area contributed by atoms with Crippen LogP contribution in [0.3, 0.4) is 0 Å². The fraction of sp³-hybridized carbons (Fsp3) is 0.320. The first-order valence-electron chi connectivity index (χ1n) is 11.2. The van der Waals surface area contributed by atoms with Crippen LogP contribution in [0.2, 0.25) is 0 Å². The number of rotatable bonds is 8. The lowest BCUT2D eigenvalue weighted by Crippen LogP contribution is -2.42. The van der Waals surface area contributed by atoms with Crippen molar-refractivity contribution < 1.29 is 23.9 Å². The van der Waals surface area contributed by atoms with Crippen molar-refractivity contribution in [2.75, 3.05) is 20.2 Å². The largest absolute Gasteiger partial charge is 0.497 e. The molecular formula is C25H26N4O5. The molecule has 2 aliphatic heterocycles. The number of hydrogen-bond acceptors (Lipinski definition) is 6. The van der Waals surface area contributed by atoms with Crippen LogP contribution in [0.4, 0.5) is 4.79 Å². The molecule has 0 spiro atoms. The molecule has 0 aromatic heterocycles. The number of carbonyl (C=O) groups excluding carboxylic acids is 4. The van der Waals surface area contributed by atoms with Crippen LogP contribution in [-0.4, -0.2) is 64.5 Å². The maximum atomic E-state index is 13.3. The van der Waals surface area contributed by atoms with Crippen LogP contribution < -0.4 is 4.74 Å². The van der Waals surface area contributed by atoms with E-state index in [4.69, 9.17) is 4.74 Å². The van der Waals surface area contributed by atoms with Gasteiger partial charge in [-0.1, -0.05) is 55.8 Å². The van der Waals surface area contributed by atoms with E-state index in [2.05, 4.69) is 5.10 Å². The van der Waals surface area contributed by atoms with Gasteiger partial charge in [0, 0.05) is 13.0 Å². The number of nitrogens with zero attached hydrogens (tertiary/aromatic N) is 4. The minimum absolute atomic E-state index is 0.152. The average molecular weight is 463 g/mol. The number of hydrazone groups is 1. The number of unbranched alkanes of at least 4 members (excludes halogenated alkanes) is 1. The van der Waals surface area contributed by atoms with Gasteiger partial charge in [0.1, 0.15) is 12.3 Å². The highest BCUT2D eigenvalue weighted by Gasteiger charge is 2.46. The zero-order valence-electron chi connectivity index (χ0n) is 19.1. The van der Waals surface area contributed by atoms with Crippen molar-refractivity contribution in [3.05, 3.63) is 65.7 Å². The Morgan fingerprint density at radius 3 is 2.32 bits per heavy atom. The topological polar surface area (TPSA) is 99.6 Å². The highest BCUT2D eigenvalue weighted by molar-refractivity contribution is 6.45.